The molecule has 0 aliphatic carbocycles. The first kappa shape index (κ1) is 16.7. The Hall–Kier alpha value is -2.34. The zero-order valence-electron chi connectivity index (χ0n) is 12.1. The van der Waals surface area contributed by atoms with Crippen LogP contribution < -0.4 is 4.74 Å². The Morgan fingerprint density at radius 3 is 2.38 bits per heavy atom. The molecule has 6 nitrogen and oxygen atoms in total. The van der Waals surface area contributed by atoms with Gasteiger partial charge in [-0.2, -0.15) is 0 Å². The lowest BCUT2D eigenvalue weighted by molar-refractivity contribution is -0.133. The molecule has 1 rings (SSSR count). The van der Waals surface area contributed by atoms with E-state index in [9.17, 15) is 9.59 Å². The molecular formula is C15H19NO5. The van der Waals surface area contributed by atoms with Crippen LogP contribution in [0, 0.1) is 0 Å². The normalized spacial score (nSPS) is 11.1. The van der Waals surface area contributed by atoms with Crippen molar-refractivity contribution in [3.8, 4) is 5.75 Å². The molecule has 0 unspecified atom stereocenters. The van der Waals surface area contributed by atoms with E-state index in [-0.39, 0.29) is 25.3 Å². The summed E-state index contributed by atoms with van der Waals surface area (Å²) in [5.41, 5.74) is 0.816. The van der Waals surface area contributed by atoms with Gasteiger partial charge in [-0.05, 0) is 24.6 Å². The van der Waals surface area contributed by atoms with Gasteiger partial charge in [-0.25, -0.2) is 4.79 Å². The van der Waals surface area contributed by atoms with Gasteiger partial charge in [0, 0.05) is 24.7 Å². The number of ether oxygens (including phenoxy) is 1. The lowest BCUT2D eigenvalue weighted by atomic mass is 10.2. The van der Waals surface area contributed by atoms with Crippen molar-refractivity contribution in [1.29, 1.82) is 0 Å². The highest BCUT2D eigenvalue weighted by atomic mass is 16.5. The van der Waals surface area contributed by atoms with Gasteiger partial charge in [0.15, 0.2) is 0 Å². The Morgan fingerprint density at radius 1 is 1.29 bits per heavy atom. The van der Waals surface area contributed by atoms with E-state index in [1.165, 1.54) is 11.8 Å². The number of rotatable bonds is 7. The maximum absolute atomic E-state index is 12.0. The van der Waals surface area contributed by atoms with Crippen molar-refractivity contribution >= 4 is 11.9 Å². The van der Waals surface area contributed by atoms with Gasteiger partial charge >= 0.3 is 5.97 Å². The summed E-state index contributed by atoms with van der Waals surface area (Å²) in [6.07, 6.45) is 1.06. The highest BCUT2D eigenvalue weighted by Gasteiger charge is 2.13. The van der Waals surface area contributed by atoms with Crippen LogP contribution in [0.2, 0.25) is 0 Å². The van der Waals surface area contributed by atoms with E-state index in [0.29, 0.717) is 5.75 Å². The fraction of sp³-hybridized carbons (Fsp3) is 0.333. The Labute approximate surface area is 123 Å². The second kappa shape index (κ2) is 8.06. The molecule has 0 heterocycles. The third kappa shape index (κ3) is 5.27. The predicted octanol–water partition coefficient (Wildman–Crippen LogP) is 1.05. The summed E-state index contributed by atoms with van der Waals surface area (Å²) in [5.74, 6) is -0.878. The molecule has 0 fully saturated rings. The molecule has 0 saturated carbocycles. The number of amides is 1. The van der Waals surface area contributed by atoms with E-state index in [1.54, 1.807) is 19.2 Å². The van der Waals surface area contributed by atoms with Gasteiger partial charge < -0.3 is 19.8 Å². The first-order valence-electron chi connectivity index (χ1n) is 6.42. The van der Waals surface area contributed by atoms with Crippen molar-refractivity contribution in [2.24, 2.45) is 0 Å². The fourth-order valence-corrected chi connectivity index (χ4v) is 1.68. The lowest BCUT2D eigenvalue weighted by Gasteiger charge is -2.20. The summed E-state index contributed by atoms with van der Waals surface area (Å²) in [6, 6.07) is 7.17. The van der Waals surface area contributed by atoms with Crippen LogP contribution in [0.1, 0.15) is 12.5 Å². The first-order chi connectivity index (χ1) is 9.97. The molecule has 0 aromatic heterocycles. The summed E-state index contributed by atoms with van der Waals surface area (Å²) in [5, 5.41) is 17.8. The molecule has 0 spiro atoms. The summed E-state index contributed by atoms with van der Waals surface area (Å²) < 4.78 is 5.05. The molecule has 1 amide bonds. The summed E-state index contributed by atoms with van der Waals surface area (Å²) in [6.45, 7) is 1.58. The zero-order valence-corrected chi connectivity index (χ0v) is 12.1. The van der Waals surface area contributed by atoms with E-state index < -0.39 is 11.9 Å². The monoisotopic (exact) mass is 293 g/mol. The van der Waals surface area contributed by atoms with Crippen molar-refractivity contribution < 1.29 is 24.5 Å². The Bertz CT molecular complexity index is 521. The molecule has 1 aromatic rings. The molecule has 2 N–H and O–H groups in total. The summed E-state index contributed by atoms with van der Waals surface area (Å²) >= 11 is 0. The number of aliphatic carboxylic acids is 1. The van der Waals surface area contributed by atoms with Gasteiger partial charge in [0.2, 0.25) is 5.91 Å². The van der Waals surface area contributed by atoms with E-state index >= 15 is 0 Å². The van der Waals surface area contributed by atoms with E-state index in [2.05, 4.69) is 0 Å². The third-order valence-corrected chi connectivity index (χ3v) is 2.89. The van der Waals surface area contributed by atoms with Crippen LogP contribution in [-0.2, 0) is 16.1 Å². The molecule has 0 aliphatic rings. The molecule has 1 aromatic carbocycles. The molecule has 114 valence electrons. The molecule has 0 aliphatic heterocycles. The second-order valence-electron chi connectivity index (χ2n) is 4.46. The number of hydrogen-bond acceptors (Lipinski definition) is 4. The number of aliphatic hydroxyl groups is 1. The zero-order chi connectivity index (χ0) is 15.8. The highest BCUT2D eigenvalue weighted by Crippen LogP contribution is 2.13. The number of hydrogen-bond donors (Lipinski definition) is 2. The first-order valence-corrected chi connectivity index (χ1v) is 6.42. The van der Waals surface area contributed by atoms with Crippen molar-refractivity contribution in [2.45, 2.75) is 13.5 Å². The van der Waals surface area contributed by atoms with Crippen LogP contribution in [0.5, 0.6) is 5.75 Å². The molecule has 6 heteroatoms. The minimum Gasteiger partial charge on any atom is -0.497 e. The number of aliphatic hydroxyl groups excluding tert-OH is 1. The summed E-state index contributed by atoms with van der Waals surface area (Å²) in [4.78, 5) is 24.2. The van der Waals surface area contributed by atoms with Crippen molar-refractivity contribution in [3.05, 3.63) is 41.5 Å². The maximum Gasteiger partial charge on any atom is 0.331 e. The third-order valence-electron chi connectivity index (χ3n) is 2.89. The van der Waals surface area contributed by atoms with Gasteiger partial charge in [0.25, 0.3) is 0 Å². The predicted molar refractivity (Wildman–Crippen MR) is 76.9 cm³/mol. The number of carboxylic acid groups (broad SMARTS) is 1. The van der Waals surface area contributed by atoms with Crippen LogP contribution in [0.3, 0.4) is 0 Å². The van der Waals surface area contributed by atoms with Crippen molar-refractivity contribution in [3.63, 3.8) is 0 Å². The van der Waals surface area contributed by atoms with E-state index in [4.69, 9.17) is 14.9 Å². The van der Waals surface area contributed by atoms with Gasteiger partial charge in [0.1, 0.15) is 5.75 Å². The number of benzene rings is 1. The van der Waals surface area contributed by atoms with Crippen LogP contribution in [-0.4, -0.2) is 47.3 Å². The molecule has 21 heavy (non-hydrogen) atoms. The van der Waals surface area contributed by atoms with Gasteiger partial charge in [-0.1, -0.05) is 12.1 Å². The minimum atomic E-state index is -1.14. The Morgan fingerprint density at radius 2 is 1.90 bits per heavy atom. The smallest absolute Gasteiger partial charge is 0.331 e. The molecule has 0 bridgehead atoms. The topological polar surface area (TPSA) is 87.1 Å². The van der Waals surface area contributed by atoms with Crippen LogP contribution in [0.25, 0.3) is 0 Å². The minimum absolute atomic E-state index is 0.0438. The van der Waals surface area contributed by atoms with Gasteiger partial charge in [-0.3, -0.25) is 4.79 Å². The second-order valence-corrected chi connectivity index (χ2v) is 4.46. The van der Waals surface area contributed by atoms with Crippen LogP contribution in [0.15, 0.2) is 35.9 Å². The summed E-state index contributed by atoms with van der Waals surface area (Å²) in [7, 11) is 1.57. The van der Waals surface area contributed by atoms with Crippen LogP contribution >= 0.6 is 0 Å². The quantitative estimate of drug-likeness (QED) is 0.734. The van der Waals surface area contributed by atoms with Crippen molar-refractivity contribution in [2.75, 3.05) is 20.3 Å². The Kier molecular flexibility index (Phi) is 6.42. The van der Waals surface area contributed by atoms with Gasteiger partial charge in [-0.15, -0.1) is 0 Å². The SMILES string of the molecule is COc1ccc(CN(CCO)C(=O)/C=C(\C)C(=O)O)cc1. The standard InChI is InChI=1S/C15H19NO5/c1-11(15(19)20)9-14(18)16(7-8-17)10-12-3-5-13(21-2)6-4-12/h3-6,9,17H,7-8,10H2,1-2H3,(H,19,20)/b11-9+. The number of carbonyl (C=O) groups is 2. The fourth-order valence-electron chi connectivity index (χ4n) is 1.68. The molecule has 0 radical (unpaired) electrons. The number of methoxy groups -OCH3 is 1. The number of carboxylic acids is 1. The highest BCUT2D eigenvalue weighted by molar-refractivity contribution is 5.97. The average molecular weight is 293 g/mol. The van der Waals surface area contributed by atoms with Gasteiger partial charge in [0.05, 0.1) is 13.7 Å². The maximum atomic E-state index is 12.0. The average Bonchev–Trinajstić information content (AvgIpc) is 2.47. The molecule has 0 atom stereocenters. The van der Waals surface area contributed by atoms with Crippen LogP contribution in [0.4, 0.5) is 0 Å². The number of nitrogens with zero attached hydrogens (tertiary/aromatic N) is 1. The molecular weight excluding hydrogens is 274 g/mol. The largest absolute Gasteiger partial charge is 0.497 e. The molecule has 0 saturated heterocycles. The number of carbonyl (C=O) groups excluding carboxylic acids is 1. The van der Waals surface area contributed by atoms with Crippen molar-refractivity contribution in [1.82, 2.24) is 4.90 Å². The Balaban J connectivity index is 2.83. The van der Waals surface area contributed by atoms with E-state index in [1.807, 2.05) is 12.1 Å². The van der Waals surface area contributed by atoms with E-state index in [0.717, 1.165) is 11.6 Å². The lowest BCUT2D eigenvalue weighted by Crippen LogP contribution is -2.32.